The minimum absolute atomic E-state index is 0.196. The smallest absolute Gasteiger partial charge is 0.184 e. The number of nitrogens with one attached hydrogen (secondary N) is 2. The molecule has 26 heavy (non-hydrogen) atoms. The Balaban J connectivity index is 1.83. The number of nitrogens with zero attached hydrogens (tertiary/aromatic N) is 2. The highest BCUT2D eigenvalue weighted by atomic mass is 19.1. The summed E-state index contributed by atoms with van der Waals surface area (Å²) in [5.41, 5.74) is 7.95. The fourth-order valence-electron chi connectivity index (χ4n) is 2.65. The van der Waals surface area contributed by atoms with Gasteiger partial charge >= 0.3 is 0 Å². The van der Waals surface area contributed by atoms with Gasteiger partial charge in [-0.3, -0.25) is 5.10 Å². The summed E-state index contributed by atoms with van der Waals surface area (Å²) >= 11 is 0. The molecular formula is C19H19F2N5. The van der Waals surface area contributed by atoms with E-state index in [0.717, 1.165) is 5.56 Å². The second kappa shape index (κ2) is 7.43. The van der Waals surface area contributed by atoms with E-state index in [9.17, 15) is 8.78 Å². The molecule has 5 nitrogen and oxygen atoms in total. The number of hydrogen-bond donors (Lipinski definition) is 3. The van der Waals surface area contributed by atoms with E-state index < -0.39 is 5.82 Å². The molecule has 2 aromatic carbocycles. The van der Waals surface area contributed by atoms with E-state index in [4.69, 9.17) is 11.1 Å². The number of halogens is 2. The highest BCUT2D eigenvalue weighted by Gasteiger charge is 2.16. The van der Waals surface area contributed by atoms with Crippen molar-refractivity contribution >= 4 is 11.4 Å². The van der Waals surface area contributed by atoms with Gasteiger partial charge in [0.25, 0.3) is 0 Å². The third-order valence-corrected chi connectivity index (χ3v) is 4.15. The fourth-order valence-corrected chi connectivity index (χ4v) is 2.65. The van der Waals surface area contributed by atoms with Crippen molar-refractivity contribution in [2.24, 2.45) is 0 Å². The molecule has 3 rings (SSSR count). The first-order valence-corrected chi connectivity index (χ1v) is 8.30. The van der Waals surface area contributed by atoms with Crippen molar-refractivity contribution < 1.29 is 8.78 Å². The van der Waals surface area contributed by atoms with Crippen LogP contribution in [0, 0.1) is 17.0 Å². The van der Waals surface area contributed by atoms with Crippen molar-refractivity contribution in [2.45, 2.75) is 26.2 Å². The Labute approximate surface area is 149 Å². The van der Waals surface area contributed by atoms with Gasteiger partial charge in [-0.25, -0.2) is 13.8 Å². The van der Waals surface area contributed by atoms with Gasteiger partial charge in [0, 0.05) is 23.4 Å². The zero-order valence-electron chi connectivity index (χ0n) is 14.3. The van der Waals surface area contributed by atoms with Crippen LogP contribution in [0.5, 0.6) is 0 Å². The number of benzene rings is 2. The molecule has 0 unspecified atom stereocenters. The lowest BCUT2D eigenvalue weighted by atomic mass is 9.98. The molecule has 0 atom stereocenters. The van der Waals surface area contributed by atoms with Gasteiger partial charge in [-0.05, 0) is 42.7 Å². The summed E-state index contributed by atoms with van der Waals surface area (Å²) in [7, 11) is 0. The summed E-state index contributed by atoms with van der Waals surface area (Å²) in [4.78, 5) is 4.24. The molecule has 0 bridgehead atoms. The van der Waals surface area contributed by atoms with Gasteiger partial charge in [-0.2, -0.15) is 5.10 Å². The number of nitrogen functional groups attached to an aromatic ring is 1. The van der Waals surface area contributed by atoms with Crippen LogP contribution in [0.2, 0.25) is 0 Å². The van der Waals surface area contributed by atoms with Crippen LogP contribution in [0.25, 0.3) is 11.4 Å². The van der Waals surface area contributed by atoms with E-state index in [1.807, 2.05) is 6.92 Å². The van der Waals surface area contributed by atoms with Crippen molar-refractivity contribution in [1.29, 1.82) is 5.41 Å². The van der Waals surface area contributed by atoms with Gasteiger partial charge in [0.2, 0.25) is 0 Å². The minimum Gasteiger partial charge on any atom is -0.398 e. The van der Waals surface area contributed by atoms with Crippen LogP contribution in [-0.4, -0.2) is 20.9 Å². The van der Waals surface area contributed by atoms with Gasteiger partial charge < -0.3 is 11.1 Å². The molecule has 0 aliphatic heterocycles. The molecule has 134 valence electrons. The Morgan fingerprint density at radius 3 is 2.58 bits per heavy atom. The molecular weight excluding hydrogens is 336 g/mol. The van der Waals surface area contributed by atoms with Crippen molar-refractivity contribution in [1.82, 2.24) is 15.2 Å². The van der Waals surface area contributed by atoms with Gasteiger partial charge in [0.1, 0.15) is 17.5 Å². The van der Waals surface area contributed by atoms with E-state index in [1.54, 1.807) is 12.1 Å². The number of aromatic amines is 1. The summed E-state index contributed by atoms with van der Waals surface area (Å²) in [6.07, 6.45) is 1.62. The average molecular weight is 355 g/mol. The third kappa shape index (κ3) is 3.77. The predicted molar refractivity (Wildman–Crippen MR) is 97.1 cm³/mol. The van der Waals surface area contributed by atoms with Gasteiger partial charge in [-0.15, -0.1) is 0 Å². The van der Waals surface area contributed by atoms with Crippen LogP contribution in [0.4, 0.5) is 14.5 Å². The Morgan fingerprint density at radius 1 is 1.19 bits per heavy atom. The summed E-state index contributed by atoms with van der Waals surface area (Å²) in [5, 5.41) is 15.1. The molecule has 0 saturated heterocycles. The van der Waals surface area contributed by atoms with Crippen molar-refractivity contribution in [3.63, 3.8) is 0 Å². The molecule has 0 amide bonds. The van der Waals surface area contributed by atoms with E-state index in [1.165, 1.54) is 24.3 Å². The number of anilines is 1. The first-order chi connectivity index (χ1) is 12.5. The van der Waals surface area contributed by atoms with Crippen LogP contribution >= 0.6 is 0 Å². The van der Waals surface area contributed by atoms with E-state index in [-0.39, 0.29) is 28.6 Å². The molecule has 0 aliphatic rings. The van der Waals surface area contributed by atoms with Crippen molar-refractivity contribution in [3.8, 4) is 11.4 Å². The highest BCUT2D eigenvalue weighted by Crippen LogP contribution is 2.26. The second-order valence-corrected chi connectivity index (χ2v) is 5.98. The zero-order chi connectivity index (χ0) is 18.7. The van der Waals surface area contributed by atoms with Crippen LogP contribution < -0.4 is 5.73 Å². The van der Waals surface area contributed by atoms with Crippen LogP contribution in [0.15, 0.2) is 36.4 Å². The maximum absolute atomic E-state index is 14.3. The van der Waals surface area contributed by atoms with Gasteiger partial charge in [0.05, 0.1) is 5.56 Å². The first-order valence-electron chi connectivity index (χ1n) is 8.30. The van der Waals surface area contributed by atoms with E-state index >= 15 is 0 Å². The Morgan fingerprint density at radius 2 is 1.92 bits per heavy atom. The molecule has 1 heterocycles. The standard InChI is InChI=1S/C19H19F2N5/c1-2-18-24-19(26-25-18)13-9-14(17(23)10-15(13)21)16(22)8-5-11-3-6-12(20)7-4-11/h3-4,6-7,9-10,22H,2,5,8,23H2,1H3,(H,24,25,26). The molecule has 0 aliphatic carbocycles. The zero-order valence-corrected chi connectivity index (χ0v) is 14.3. The molecule has 0 radical (unpaired) electrons. The summed E-state index contributed by atoms with van der Waals surface area (Å²) in [6, 6.07) is 8.85. The van der Waals surface area contributed by atoms with Crippen molar-refractivity contribution in [2.75, 3.05) is 5.73 Å². The lowest BCUT2D eigenvalue weighted by molar-refractivity contribution is 0.627. The highest BCUT2D eigenvalue weighted by molar-refractivity contribution is 6.03. The van der Waals surface area contributed by atoms with Crippen LogP contribution in [-0.2, 0) is 12.8 Å². The van der Waals surface area contributed by atoms with E-state index in [2.05, 4.69) is 15.2 Å². The Hall–Kier alpha value is -3.09. The predicted octanol–water partition coefficient (Wildman–Crippen LogP) is 3.90. The number of hydrogen-bond acceptors (Lipinski definition) is 4. The molecule has 1 aromatic heterocycles. The average Bonchev–Trinajstić information content (AvgIpc) is 3.10. The first kappa shape index (κ1) is 17.7. The van der Waals surface area contributed by atoms with Gasteiger partial charge in [0.15, 0.2) is 5.82 Å². The monoisotopic (exact) mass is 355 g/mol. The number of H-pyrrole nitrogens is 1. The lowest BCUT2D eigenvalue weighted by Gasteiger charge is -2.10. The fraction of sp³-hybridized carbons (Fsp3) is 0.211. The molecule has 4 N–H and O–H groups in total. The number of aromatic nitrogens is 3. The summed E-state index contributed by atoms with van der Waals surface area (Å²) < 4.78 is 27.3. The van der Waals surface area contributed by atoms with Crippen LogP contribution in [0.3, 0.4) is 0 Å². The lowest BCUT2D eigenvalue weighted by Crippen LogP contribution is -2.07. The largest absolute Gasteiger partial charge is 0.398 e. The number of nitrogens with two attached hydrogens (primary N) is 1. The quantitative estimate of drug-likeness (QED) is 0.463. The second-order valence-electron chi connectivity index (χ2n) is 5.98. The normalized spacial score (nSPS) is 10.9. The number of aryl methyl sites for hydroxylation is 2. The third-order valence-electron chi connectivity index (χ3n) is 4.15. The summed E-state index contributed by atoms with van der Waals surface area (Å²) in [5.74, 6) is 0.0736. The maximum Gasteiger partial charge on any atom is 0.184 e. The molecule has 0 spiro atoms. The molecule has 3 aromatic rings. The maximum atomic E-state index is 14.3. The topological polar surface area (TPSA) is 91.4 Å². The van der Waals surface area contributed by atoms with Crippen molar-refractivity contribution in [3.05, 3.63) is 65.0 Å². The van der Waals surface area contributed by atoms with Gasteiger partial charge in [-0.1, -0.05) is 19.1 Å². The number of rotatable bonds is 6. The van der Waals surface area contributed by atoms with Crippen LogP contribution in [0.1, 0.15) is 30.3 Å². The molecule has 0 fully saturated rings. The minimum atomic E-state index is -0.528. The molecule has 0 saturated carbocycles. The Bertz CT molecular complexity index is 932. The molecule has 7 heteroatoms. The Kier molecular flexibility index (Phi) is 5.06. The SMILES string of the molecule is CCc1nc(-c2cc(C(=N)CCc3ccc(F)cc3)c(N)cc2F)n[nH]1. The van der Waals surface area contributed by atoms with E-state index in [0.29, 0.717) is 30.7 Å². The summed E-state index contributed by atoms with van der Waals surface area (Å²) in [6.45, 7) is 1.92.